The predicted octanol–water partition coefficient (Wildman–Crippen LogP) is 1.69. The van der Waals surface area contributed by atoms with E-state index in [-0.39, 0.29) is 5.88 Å². The summed E-state index contributed by atoms with van der Waals surface area (Å²) in [6.07, 6.45) is 2.43. The van der Waals surface area contributed by atoms with Crippen LogP contribution < -0.4 is 0 Å². The van der Waals surface area contributed by atoms with E-state index in [1.165, 1.54) is 0 Å². The van der Waals surface area contributed by atoms with E-state index in [0.29, 0.717) is 0 Å². The minimum atomic E-state index is -4.34. The van der Waals surface area contributed by atoms with Gasteiger partial charge in [0, 0.05) is 11.3 Å². The van der Waals surface area contributed by atoms with Crippen molar-refractivity contribution in [3.8, 4) is 0 Å². The third-order valence-corrected chi connectivity index (χ3v) is 3.70. The quantitative estimate of drug-likeness (QED) is 0.513. The van der Waals surface area contributed by atoms with E-state index in [2.05, 4.69) is 0 Å². The van der Waals surface area contributed by atoms with Crippen molar-refractivity contribution in [2.45, 2.75) is 19.3 Å². The topological polar surface area (TPSA) is 34.1 Å². The maximum Gasteiger partial charge on any atom is 0.303 e. The Morgan fingerprint density at radius 3 is 2.09 bits per heavy atom. The van der Waals surface area contributed by atoms with Gasteiger partial charge in [0.2, 0.25) is 0 Å². The summed E-state index contributed by atoms with van der Waals surface area (Å²) in [5.74, 6) is -0.153. The Balaban J connectivity index is 2.59. The molecule has 0 atom stereocenters. The molecule has 0 heterocycles. The van der Waals surface area contributed by atoms with Crippen molar-refractivity contribution < 1.29 is 12.3 Å². The highest BCUT2D eigenvalue weighted by molar-refractivity contribution is 7.86. The van der Waals surface area contributed by atoms with Gasteiger partial charge >= 0.3 is 10.2 Å². The molecule has 1 fully saturated rings. The molecule has 0 spiro atoms. The summed E-state index contributed by atoms with van der Waals surface area (Å²) in [5, 5.41) is 0. The average molecular weight is 201 g/mol. The largest absolute Gasteiger partial charge is 0.303 e. The lowest BCUT2D eigenvalue weighted by Crippen LogP contribution is -2.37. The molecule has 0 unspecified atom stereocenters. The van der Waals surface area contributed by atoms with Crippen LogP contribution in [0.15, 0.2) is 0 Å². The third kappa shape index (κ3) is 2.30. The molecule has 1 saturated carbocycles. The van der Waals surface area contributed by atoms with Crippen molar-refractivity contribution in [3.05, 3.63) is 0 Å². The highest BCUT2D eigenvalue weighted by Crippen LogP contribution is 2.43. The molecule has 0 aromatic carbocycles. The number of alkyl halides is 1. The maximum atomic E-state index is 12.2. The zero-order valence-corrected chi connectivity index (χ0v) is 7.59. The SMILES string of the molecule is O=S(=O)(F)CC1(CCl)CCC1. The summed E-state index contributed by atoms with van der Waals surface area (Å²) in [6, 6.07) is 0. The van der Waals surface area contributed by atoms with Crippen LogP contribution in [0.2, 0.25) is 0 Å². The first kappa shape index (κ1) is 9.26. The highest BCUT2D eigenvalue weighted by Gasteiger charge is 2.40. The highest BCUT2D eigenvalue weighted by atomic mass is 35.5. The van der Waals surface area contributed by atoms with Gasteiger partial charge in [-0.05, 0) is 12.8 Å². The van der Waals surface area contributed by atoms with Gasteiger partial charge < -0.3 is 0 Å². The zero-order valence-electron chi connectivity index (χ0n) is 6.02. The second-order valence-corrected chi connectivity index (χ2v) is 4.80. The van der Waals surface area contributed by atoms with Crippen molar-refractivity contribution in [3.63, 3.8) is 0 Å². The van der Waals surface area contributed by atoms with E-state index in [1.807, 2.05) is 0 Å². The van der Waals surface area contributed by atoms with Crippen LogP contribution in [0.4, 0.5) is 3.89 Å². The van der Waals surface area contributed by atoms with E-state index in [0.717, 1.165) is 19.3 Å². The normalized spacial score (nSPS) is 22.7. The Morgan fingerprint density at radius 2 is 2.00 bits per heavy atom. The predicted molar refractivity (Wildman–Crippen MR) is 41.9 cm³/mol. The molecular formula is C6H10ClFO2S. The van der Waals surface area contributed by atoms with Crippen LogP contribution in [0.5, 0.6) is 0 Å². The van der Waals surface area contributed by atoms with Crippen molar-refractivity contribution in [2.75, 3.05) is 11.6 Å². The average Bonchev–Trinajstić information content (AvgIpc) is 1.77. The van der Waals surface area contributed by atoms with Crippen LogP contribution in [0.25, 0.3) is 0 Å². The lowest BCUT2D eigenvalue weighted by atomic mass is 9.72. The molecule has 0 bridgehead atoms. The van der Waals surface area contributed by atoms with E-state index in [9.17, 15) is 12.3 Å². The van der Waals surface area contributed by atoms with Crippen LogP contribution >= 0.6 is 11.6 Å². The number of halogens is 2. The van der Waals surface area contributed by atoms with Crippen LogP contribution in [-0.4, -0.2) is 20.1 Å². The number of rotatable bonds is 3. The van der Waals surface area contributed by atoms with Crippen molar-refractivity contribution in [1.29, 1.82) is 0 Å². The Morgan fingerprint density at radius 1 is 1.45 bits per heavy atom. The molecule has 0 aromatic rings. The molecule has 1 rings (SSSR count). The molecule has 1 aliphatic carbocycles. The first-order valence-electron chi connectivity index (χ1n) is 3.46. The van der Waals surface area contributed by atoms with Crippen molar-refractivity contribution >= 4 is 21.8 Å². The van der Waals surface area contributed by atoms with Gasteiger partial charge in [-0.2, -0.15) is 8.42 Å². The number of hydrogen-bond acceptors (Lipinski definition) is 2. The van der Waals surface area contributed by atoms with Crippen molar-refractivity contribution in [2.24, 2.45) is 5.41 Å². The van der Waals surface area contributed by atoms with Crippen LogP contribution in [0.1, 0.15) is 19.3 Å². The van der Waals surface area contributed by atoms with Crippen LogP contribution in [-0.2, 0) is 10.2 Å². The molecule has 0 amide bonds. The van der Waals surface area contributed by atoms with Gasteiger partial charge in [-0.15, -0.1) is 15.5 Å². The molecule has 5 heteroatoms. The Bertz CT molecular complexity index is 227. The second-order valence-electron chi connectivity index (χ2n) is 3.17. The Hall–Kier alpha value is 0.170. The van der Waals surface area contributed by atoms with Gasteiger partial charge in [-0.1, -0.05) is 6.42 Å². The molecule has 0 radical (unpaired) electrons. The summed E-state index contributed by atoms with van der Waals surface area (Å²) in [4.78, 5) is 0. The van der Waals surface area contributed by atoms with Crippen molar-refractivity contribution in [1.82, 2.24) is 0 Å². The molecule has 2 nitrogen and oxygen atoms in total. The van der Waals surface area contributed by atoms with E-state index < -0.39 is 21.4 Å². The summed E-state index contributed by atoms with van der Waals surface area (Å²) in [5.41, 5.74) is -0.449. The molecule has 1 aliphatic rings. The molecule has 0 aliphatic heterocycles. The summed E-state index contributed by atoms with van der Waals surface area (Å²) >= 11 is 5.54. The Labute approximate surface area is 70.9 Å². The fourth-order valence-electron chi connectivity index (χ4n) is 1.36. The minimum Gasteiger partial charge on any atom is -0.195 e. The van der Waals surface area contributed by atoms with Crippen LogP contribution in [0.3, 0.4) is 0 Å². The number of hydrogen-bond donors (Lipinski definition) is 0. The van der Waals surface area contributed by atoms with Gasteiger partial charge in [-0.25, -0.2) is 0 Å². The molecule has 0 saturated heterocycles. The third-order valence-electron chi connectivity index (χ3n) is 2.18. The minimum absolute atomic E-state index is 0.246. The molecule has 11 heavy (non-hydrogen) atoms. The van der Waals surface area contributed by atoms with Gasteiger partial charge in [0.15, 0.2) is 0 Å². The standard InChI is InChI=1S/C6H10ClFO2S/c7-4-6(2-1-3-6)5-11(8,9)10/h1-5H2. The van der Waals surface area contributed by atoms with E-state index >= 15 is 0 Å². The zero-order chi connectivity index (χ0) is 8.54. The first-order valence-corrected chi connectivity index (χ1v) is 5.54. The fraction of sp³-hybridized carbons (Fsp3) is 1.00. The summed E-state index contributed by atoms with van der Waals surface area (Å²) in [7, 11) is -4.34. The fourth-order valence-corrected chi connectivity index (χ4v) is 2.96. The van der Waals surface area contributed by atoms with Gasteiger partial charge in [0.25, 0.3) is 0 Å². The maximum absolute atomic E-state index is 12.2. The molecule has 0 aromatic heterocycles. The lowest BCUT2D eigenvalue weighted by Gasteiger charge is -2.38. The van der Waals surface area contributed by atoms with Gasteiger partial charge in [-0.3, -0.25) is 0 Å². The van der Waals surface area contributed by atoms with Crippen LogP contribution in [0, 0.1) is 5.41 Å². The second kappa shape index (κ2) is 2.90. The van der Waals surface area contributed by atoms with Gasteiger partial charge in [0.05, 0.1) is 5.75 Å². The summed E-state index contributed by atoms with van der Waals surface area (Å²) in [6.45, 7) is 0. The Kier molecular flexibility index (Phi) is 2.44. The molecular weight excluding hydrogens is 191 g/mol. The molecule has 66 valence electrons. The lowest BCUT2D eigenvalue weighted by molar-refractivity contribution is 0.197. The van der Waals surface area contributed by atoms with Gasteiger partial charge in [0.1, 0.15) is 0 Å². The van der Waals surface area contributed by atoms with E-state index in [1.54, 1.807) is 0 Å². The van der Waals surface area contributed by atoms with E-state index in [4.69, 9.17) is 11.6 Å². The summed E-state index contributed by atoms with van der Waals surface area (Å²) < 4.78 is 32.8. The first-order chi connectivity index (χ1) is 4.97. The smallest absolute Gasteiger partial charge is 0.195 e. The molecule has 0 N–H and O–H groups in total. The monoisotopic (exact) mass is 200 g/mol.